The Balaban J connectivity index is 0.00000385. The molecular weight excluding hydrogens is 894 g/mol. The number of fused-ring (bicyclic) bond motifs is 11. The Morgan fingerprint density at radius 3 is 2.26 bits per heavy atom. The number of aromatic nitrogens is 5. The summed E-state index contributed by atoms with van der Waals surface area (Å²) in [6.45, 7) is 4.44. The molecule has 12 rings (SSSR count). The summed E-state index contributed by atoms with van der Waals surface area (Å²) < 4.78 is 11.1. The molecule has 58 heavy (non-hydrogen) atoms. The number of hydrogen-bond donors (Lipinski definition) is 0. The molecule has 0 saturated carbocycles. The topological polar surface area (TPSA) is 62.9 Å². The maximum Gasteiger partial charge on any atom is 2.00 e. The molecule has 0 radical (unpaired) electrons. The van der Waals surface area contributed by atoms with Gasteiger partial charge in [-0.05, 0) is 76.3 Å². The van der Waals surface area contributed by atoms with E-state index >= 15 is 0 Å². The van der Waals surface area contributed by atoms with Crippen molar-refractivity contribution in [2.75, 3.05) is 0 Å². The van der Waals surface area contributed by atoms with Crippen molar-refractivity contribution in [1.82, 2.24) is 24.1 Å². The molecule has 0 amide bonds. The van der Waals surface area contributed by atoms with E-state index in [2.05, 4.69) is 163 Å². The Bertz CT molecular complexity index is 3570. The van der Waals surface area contributed by atoms with E-state index in [0.717, 1.165) is 105 Å². The van der Waals surface area contributed by atoms with Crippen molar-refractivity contribution in [3.63, 3.8) is 0 Å². The summed E-state index contributed by atoms with van der Waals surface area (Å²) in [6.07, 6.45) is 1.92. The van der Waals surface area contributed by atoms with Crippen LogP contribution in [-0.2, 0) is 21.1 Å². The van der Waals surface area contributed by atoms with Crippen molar-refractivity contribution in [1.29, 1.82) is 0 Å². The Morgan fingerprint density at radius 1 is 0.638 bits per heavy atom. The number of furan rings is 1. The number of para-hydroxylation sites is 5. The van der Waals surface area contributed by atoms with E-state index < -0.39 is 0 Å². The second-order valence-electron chi connectivity index (χ2n) is 15.1. The fourth-order valence-electron chi connectivity index (χ4n) is 8.83. The summed E-state index contributed by atoms with van der Waals surface area (Å²) in [5, 5.41) is 6.47. The third-order valence-corrected chi connectivity index (χ3v) is 11.5. The Morgan fingerprint density at radius 2 is 1.40 bits per heavy atom. The molecule has 0 N–H and O–H groups in total. The summed E-state index contributed by atoms with van der Waals surface area (Å²) in [6, 6.07) is 56.9. The van der Waals surface area contributed by atoms with Crippen molar-refractivity contribution in [2.24, 2.45) is 0 Å². The van der Waals surface area contributed by atoms with Crippen LogP contribution in [0.4, 0.5) is 0 Å². The number of imidazole rings is 1. The number of rotatable bonds is 5. The molecule has 12 aromatic rings. The van der Waals surface area contributed by atoms with E-state index in [9.17, 15) is 0 Å². The van der Waals surface area contributed by atoms with E-state index in [-0.39, 0.29) is 21.1 Å². The van der Waals surface area contributed by atoms with Gasteiger partial charge >= 0.3 is 21.1 Å². The second kappa shape index (κ2) is 13.2. The van der Waals surface area contributed by atoms with Crippen molar-refractivity contribution in [2.45, 2.75) is 19.8 Å². The fraction of sp³-hybridized carbons (Fsp3) is 0.0588. The zero-order valence-electron chi connectivity index (χ0n) is 31.5. The molecule has 5 aromatic heterocycles. The Hall–Kier alpha value is -6.75. The van der Waals surface area contributed by atoms with Crippen molar-refractivity contribution in [3.8, 4) is 34.0 Å². The fourth-order valence-corrected chi connectivity index (χ4v) is 8.83. The molecule has 0 fully saturated rings. The molecule has 0 aliphatic heterocycles. The number of pyridine rings is 1. The van der Waals surface area contributed by atoms with Gasteiger partial charge in [0.05, 0.1) is 11.0 Å². The average molecular weight is 927 g/mol. The molecule has 0 aliphatic rings. The van der Waals surface area contributed by atoms with E-state index in [1.807, 2.05) is 24.4 Å². The molecule has 0 unspecified atom stereocenters. The first-order valence-corrected chi connectivity index (χ1v) is 19.4. The molecule has 7 heteroatoms. The van der Waals surface area contributed by atoms with Gasteiger partial charge in [-0.1, -0.05) is 116 Å². The summed E-state index contributed by atoms with van der Waals surface area (Å²) in [4.78, 5) is 15.8. The summed E-state index contributed by atoms with van der Waals surface area (Å²) >= 11 is 0. The normalized spacial score (nSPS) is 12.0. The van der Waals surface area contributed by atoms with Gasteiger partial charge in [-0.2, -0.15) is 0 Å². The van der Waals surface area contributed by atoms with E-state index in [4.69, 9.17) is 19.4 Å². The van der Waals surface area contributed by atoms with Crippen molar-refractivity contribution < 1.29 is 25.5 Å². The Kier molecular flexibility index (Phi) is 7.82. The van der Waals surface area contributed by atoms with Crippen LogP contribution in [0, 0.1) is 6.07 Å². The summed E-state index contributed by atoms with van der Waals surface area (Å²) in [5.41, 5.74) is 12.6. The van der Waals surface area contributed by atoms with Gasteiger partial charge in [-0.15, -0.1) is 34.8 Å². The van der Waals surface area contributed by atoms with Crippen LogP contribution in [0.25, 0.3) is 111 Å². The van der Waals surface area contributed by atoms with Gasteiger partial charge in [0.25, 0.3) is 0 Å². The first-order chi connectivity index (χ1) is 28.1. The molecule has 0 saturated heterocycles. The van der Waals surface area contributed by atoms with Crippen LogP contribution < -0.4 is 4.98 Å². The van der Waals surface area contributed by atoms with Gasteiger partial charge in [-0.3, -0.25) is 4.57 Å². The minimum absolute atomic E-state index is 0. The summed E-state index contributed by atoms with van der Waals surface area (Å²) in [5.74, 6) is 2.07. The van der Waals surface area contributed by atoms with Gasteiger partial charge in [-0.25, -0.2) is 9.97 Å². The molecule has 0 aliphatic carbocycles. The Labute approximate surface area is 347 Å². The number of benzene rings is 7. The molecule has 0 spiro atoms. The first-order valence-electron chi connectivity index (χ1n) is 19.4. The van der Waals surface area contributed by atoms with Crippen LogP contribution in [-0.4, -0.2) is 19.1 Å². The van der Waals surface area contributed by atoms with Crippen LogP contribution >= 0.6 is 0 Å². The zero-order chi connectivity index (χ0) is 37.8. The minimum Gasteiger partial charge on any atom is -0.656 e. The van der Waals surface area contributed by atoms with Crippen LogP contribution in [0.1, 0.15) is 25.3 Å². The van der Waals surface area contributed by atoms with Crippen LogP contribution in [0.15, 0.2) is 162 Å². The average Bonchev–Trinajstić information content (AvgIpc) is 4.02. The third kappa shape index (κ3) is 5.01. The maximum absolute atomic E-state index is 6.61. The minimum atomic E-state index is 0. The monoisotopic (exact) mass is 926 g/mol. The molecule has 5 heterocycles. The quantitative estimate of drug-likeness (QED) is 0.161. The van der Waals surface area contributed by atoms with Crippen LogP contribution in [0.2, 0.25) is 0 Å². The van der Waals surface area contributed by atoms with Gasteiger partial charge < -0.3 is 14.0 Å². The molecule has 0 bridgehead atoms. The maximum atomic E-state index is 6.61. The smallest absolute Gasteiger partial charge is 0.656 e. The zero-order valence-corrected chi connectivity index (χ0v) is 33.8. The number of hydrogen-bond acceptors (Lipinski definition) is 3. The predicted octanol–water partition coefficient (Wildman–Crippen LogP) is 12.9. The van der Waals surface area contributed by atoms with E-state index in [1.54, 1.807) is 0 Å². The second-order valence-corrected chi connectivity index (χ2v) is 15.1. The molecule has 0 atom stereocenters. The molecular formula is C51H33N5OPt. The SMILES string of the molecule is CC(C)c1ccnc(-n2c3[c-]c(-c4cccc5c4nc(-c4cc6c7ccccc7oc6c6c4[n-]c4ccccc46)n5-c4ccccc4)ccc3c3ccccc32)c1.[Pt+2]. The van der Waals surface area contributed by atoms with Crippen LogP contribution in [0.3, 0.4) is 0 Å². The van der Waals surface area contributed by atoms with Gasteiger partial charge in [0, 0.05) is 39.1 Å². The van der Waals surface area contributed by atoms with E-state index in [1.165, 1.54) is 10.9 Å². The van der Waals surface area contributed by atoms with E-state index in [0.29, 0.717) is 5.92 Å². The first kappa shape index (κ1) is 34.5. The van der Waals surface area contributed by atoms with Crippen molar-refractivity contribution in [3.05, 3.63) is 169 Å². The van der Waals surface area contributed by atoms with Gasteiger partial charge in [0.15, 0.2) is 0 Å². The van der Waals surface area contributed by atoms with Crippen LogP contribution in [0.5, 0.6) is 0 Å². The van der Waals surface area contributed by atoms with Gasteiger partial charge in [0.2, 0.25) is 0 Å². The predicted molar refractivity (Wildman–Crippen MR) is 233 cm³/mol. The summed E-state index contributed by atoms with van der Waals surface area (Å²) in [7, 11) is 0. The van der Waals surface area contributed by atoms with Gasteiger partial charge in [0.1, 0.15) is 22.8 Å². The number of nitrogens with zero attached hydrogens (tertiary/aromatic N) is 5. The molecule has 278 valence electrons. The molecule has 6 nitrogen and oxygen atoms in total. The largest absolute Gasteiger partial charge is 2.00 e. The molecule has 7 aromatic carbocycles. The third-order valence-electron chi connectivity index (χ3n) is 11.5. The van der Waals surface area contributed by atoms with Crippen molar-refractivity contribution >= 4 is 76.6 Å². The standard InChI is InChI=1S/C51H33N5O.Pt/c1-30(2)31-25-26-52-46(28-31)56-42-20-10-7-15-35(42)36-24-23-32(27-44(36)56)34-18-12-21-43-48(34)54-51(55(43)33-13-4-3-5-14-33)40-29-39-37-16-8-11-22-45(37)57-50(39)47-38-17-6-9-19-41(38)53-49(40)47;/h3-26,28-30H,1-2H3;/q-2;+2.